The summed E-state index contributed by atoms with van der Waals surface area (Å²) in [5.74, 6) is -2.34. The predicted molar refractivity (Wildman–Crippen MR) is 99.2 cm³/mol. The Morgan fingerprint density at radius 2 is 2.07 bits per heavy atom. The summed E-state index contributed by atoms with van der Waals surface area (Å²) in [7, 11) is -4.27. The number of amides is 1. The monoisotopic (exact) mass is 411 g/mol. The van der Waals surface area contributed by atoms with Gasteiger partial charge < -0.3 is 10.4 Å². The highest BCUT2D eigenvalue weighted by atomic mass is 32.2. The number of carbonyl (C=O) groups is 1. The summed E-state index contributed by atoms with van der Waals surface area (Å²) in [5, 5.41) is 12.7. The summed E-state index contributed by atoms with van der Waals surface area (Å²) in [6, 6.07) is 1.97. The Morgan fingerprint density at radius 3 is 2.61 bits per heavy atom. The number of phenolic OH excluding ortho intramolecular Hbond substituents is 1. The van der Waals surface area contributed by atoms with Gasteiger partial charge in [0.25, 0.3) is 11.5 Å². The van der Waals surface area contributed by atoms with Crippen molar-refractivity contribution in [2.45, 2.75) is 20.3 Å². The molecule has 4 N–H and O–H groups in total. The molecule has 0 bridgehead atoms. The van der Waals surface area contributed by atoms with Gasteiger partial charge in [0, 0.05) is 23.5 Å². The van der Waals surface area contributed by atoms with E-state index in [0.717, 1.165) is 12.1 Å². The van der Waals surface area contributed by atoms with E-state index in [1.54, 1.807) is 4.72 Å². The number of nitrogens with zero attached hydrogens (tertiary/aromatic N) is 2. The van der Waals surface area contributed by atoms with Gasteiger partial charge in [-0.15, -0.1) is 0 Å². The average Bonchev–Trinajstić information content (AvgIpc) is 2.81. The SMILES string of the molecule is CC(C)Cc1cnc(Nc2cc(O)c(N3CC(=O)NS3(=O)=O)c(F)c2)[nH]c1=O. The molecule has 0 atom stereocenters. The van der Waals surface area contributed by atoms with Crippen LogP contribution >= 0.6 is 0 Å². The molecule has 1 aromatic heterocycles. The number of phenols is 1. The van der Waals surface area contributed by atoms with Gasteiger partial charge in [0.1, 0.15) is 18.0 Å². The normalized spacial score (nSPS) is 15.7. The number of rotatable bonds is 5. The van der Waals surface area contributed by atoms with Crippen molar-refractivity contribution in [3.05, 3.63) is 40.1 Å². The standard InChI is InChI=1S/C16H18FN5O5S/c1-8(2)3-9-6-18-16(20-15(9)25)19-10-4-11(17)14(12(23)5-10)22-7-13(24)21-28(22,26)27/h4-6,8,23H,3,7H2,1-2H3,(H,21,24)(H2,18,19,20,25). The van der Waals surface area contributed by atoms with Gasteiger partial charge in [-0.1, -0.05) is 13.8 Å². The van der Waals surface area contributed by atoms with Crippen molar-refractivity contribution in [2.75, 3.05) is 16.2 Å². The van der Waals surface area contributed by atoms with Crippen LogP contribution in [0.3, 0.4) is 0 Å². The van der Waals surface area contributed by atoms with Crippen LogP contribution in [0.25, 0.3) is 0 Å². The fourth-order valence-corrected chi connectivity index (χ4v) is 3.93. The number of aromatic amines is 1. The minimum absolute atomic E-state index is 0.0226. The van der Waals surface area contributed by atoms with Gasteiger partial charge in [0.05, 0.1) is 0 Å². The van der Waals surface area contributed by atoms with Crippen LogP contribution < -0.4 is 19.9 Å². The van der Waals surface area contributed by atoms with E-state index < -0.39 is 39.9 Å². The number of halogens is 1. The fraction of sp³-hybridized carbons (Fsp3) is 0.312. The van der Waals surface area contributed by atoms with Crippen LogP contribution in [0.15, 0.2) is 23.1 Å². The third-order valence-electron chi connectivity index (χ3n) is 3.88. The summed E-state index contributed by atoms with van der Waals surface area (Å²) < 4.78 is 40.3. The predicted octanol–water partition coefficient (Wildman–Crippen LogP) is 0.738. The van der Waals surface area contributed by atoms with Crippen molar-refractivity contribution >= 4 is 33.4 Å². The van der Waals surface area contributed by atoms with E-state index >= 15 is 0 Å². The molecule has 2 aromatic rings. The van der Waals surface area contributed by atoms with Crippen LogP contribution in [0.5, 0.6) is 5.75 Å². The molecule has 3 rings (SSSR count). The molecule has 1 amide bonds. The molecular formula is C16H18FN5O5S. The van der Waals surface area contributed by atoms with Crippen molar-refractivity contribution in [3.63, 3.8) is 0 Å². The molecule has 0 aliphatic carbocycles. The van der Waals surface area contributed by atoms with Gasteiger partial charge in [0.2, 0.25) is 5.95 Å². The molecule has 1 fully saturated rings. The lowest BCUT2D eigenvalue weighted by Gasteiger charge is -2.18. The Kier molecular flexibility index (Phi) is 4.98. The Balaban J connectivity index is 1.89. The first-order valence-electron chi connectivity index (χ1n) is 8.28. The molecule has 150 valence electrons. The highest BCUT2D eigenvalue weighted by molar-refractivity contribution is 7.92. The van der Waals surface area contributed by atoms with Crippen LogP contribution in [0.4, 0.5) is 21.7 Å². The molecule has 1 saturated heterocycles. The second-order valence-electron chi connectivity index (χ2n) is 6.67. The van der Waals surface area contributed by atoms with Crippen molar-refractivity contribution in [3.8, 4) is 5.75 Å². The number of aromatic hydroxyl groups is 1. The molecule has 12 heteroatoms. The number of benzene rings is 1. The second-order valence-corrected chi connectivity index (χ2v) is 8.27. The maximum Gasteiger partial charge on any atom is 0.326 e. The van der Waals surface area contributed by atoms with Crippen LogP contribution in [0.1, 0.15) is 19.4 Å². The molecule has 0 spiro atoms. The molecule has 1 aromatic carbocycles. The van der Waals surface area contributed by atoms with E-state index in [-0.39, 0.29) is 23.1 Å². The van der Waals surface area contributed by atoms with Gasteiger partial charge in [-0.3, -0.25) is 14.6 Å². The molecule has 2 heterocycles. The third kappa shape index (κ3) is 3.91. The molecule has 1 aliphatic rings. The second kappa shape index (κ2) is 7.11. The third-order valence-corrected chi connectivity index (χ3v) is 5.25. The lowest BCUT2D eigenvalue weighted by Crippen LogP contribution is -2.30. The van der Waals surface area contributed by atoms with Gasteiger partial charge in [-0.2, -0.15) is 8.42 Å². The number of hydrogen-bond donors (Lipinski definition) is 4. The van der Waals surface area contributed by atoms with Crippen LogP contribution in [-0.2, 0) is 21.4 Å². The molecule has 28 heavy (non-hydrogen) atoms. The summed E-state index contributed by atoms with van der Waals surface area (Å²) in [6.07, 6.45) is 1.95. The minimum Gasteiger partial charge on any atom is -0.506 e. The zero-order chi connectivity index (χ0) is 20.6. The molecular weight excluding hydrogens is 393 g/mol. The Bertz CT molecular complexity index is 1080. The van der Waals surface area contributed by atoms with Gasteiger partial charge in [-0.05, 0) is 18.4 Å². The van der Waals surface area contributed by atoms with Crippen molar-refractivity contribution in [1.29, 1.82) is 0 Å². The lowest BCUT2D eigenvalue weighted by molar-refractivity contribution is -0.117. The first-order chi connectivity index (χ1) is 13.1. The van der Waals surface area contributed by atoms with Crippen LogP contribution in [-0.4, -0.2) is 35.9 Å². The summed E-state index contributed by atoms with van der Waals surface area (Å²) in [6.45, 7) is 3.27. The molecule has 1 aliphatic heterocycles. The smallest absolute Gasteiger partial charge is 0.326 e. The first kappa shape index (κ1) is 19.6. The Morgan fingerprint density at radius 1 is 1.36 bits per heavy atom. The van der Waals surface area contributed by atoms with E-state index in [1.807, 2.05) is 13.8 Å². The fourth-order valence-electron chi connectivity index (χ4n) is 2.76. The van der Waals surface area contributed by atoms with E-state index in [2.05, 4.69) is 15.3 Å². The number of aromatic nitrogens is 2. The largest absolute Gasteiger partial charge is 0.506 e. The minimum atomic E-state index is -4.27. The maximum absolute atomic E-state index is 14.5. The van der Waals surface area contributed by atoms with Crippen LogP contribution in [0.2, 0.25) is 0 Å². The zero-order valence-corrected chi connectivity index (χ0v) is 15.8. The molecule has 0 unspecified atom stereocenters. The van der Waals surface area contributed by atoms with Crippen molar-refractivity contribution in [1.82, 2.24) is 14.7 Å². The molecule has 10 nitrogen and oxygen atoms in total. The Hall–Kier alpha value is -3.15. The number of anilines is 3. The lowest BCUT2D eigenvalue weighted by atomic mass is 10.1. The zero-order valence-electron chi connectivity index (χ0n) is 15.0. The quantitative estimate of drug-likeness (QED) is 0.568. The van der Waals surface area contributed by atoms with E-state index in [0.29, 0.717) is 16.3 Å². The molecule has 0 radical (unpaired) electrons. The number of nitrogens with one attached hydrogen (secondary N) is 3. The maximum atomic E-state index is 14.5. The topological polar surface area (TPSA) is 144 Å². The van der Waals surface area contributed by atoms with Crippen molar-refractivity contribution < 1.29 is 22.7 Å². The summed E-state index contributed by atoms with van der Waals surface area (Å²) >= 11 is 0. The molecule has 0 saturated carbocycles. The summed E-state index contributed by atoms with van der Waals surface area (Å²) in [4.78, 5) is 29.9. The number of hydrogen-bond acceptors (Lipinski definition) is 7. The summed E-state index contributed by atoms with van der Waals surface area (Å²) in [5.41, 5.74) is -0.478. The average molecular weight is 411 g/mol. The van der Waals surface area contributed by atoms with E-state index in [1.165, 1.54) is 6.20 Å². The number of H-pyrrole nitrogens is 1. The number of carbonyl (C=O) groups excluding carboxylic acids is 1. The van der Waals surface area contributed by atoms with E-state index in [4.69, 9.17) is 0 Å². The van der Waals surface area contributed by atoms with Gasteiger partial charge in [0.15, 0.2) is 5.82 Å². The van der Waals surface area contributed by atoms with Crippen LogP contribution in [0, 0.1) is 11.7 Å². The first-order valence-corrected chi connectivity index (χ1v) is 9.72. The Labute approximate surface area is 159 Å². The highest BCUT2D eigenvalue weighted by Gasteiger charge is 2.37. The van der Waals surface area contributed by atoms with E-state index in [9.17, 15) is 27.5 Å². The highest BCUT2D eigenvalue weighted by Crippen LogP contribution is 2.36. The van der Waals surface area contributed by atoms with Gasteiger partial charge >= 0.3 is 10.2 Å². The van der Waals surface area contributed by atoms with Gasteiger partial charge in [-0.25, -0.2) is 18.4 Å². The van der Waals surface area contributed by atoms with Crippen molar-refractivity contribution in [2.24, 2.45) is 5.92 Å².